The van der Waals surface area contributed by atoms with Gasteiger partial charge in [0.25, 0.3) is 0 Å². The van der Waals surface area contributed by atoms with Gasteiger partial charge in [0, 0.05) is 6.07 Å². The van der Waals surface area contributed by atoms with Gasteiger partial charge in [0.15, 0.2) is 24.4 Å². The zero-order valence-electron chi connectivity index (χ0n) is 60.6. The minimum absolute atomic E-state index is 0.0338. The second-order valence-electron chi connectivity index (χ2n) is 27.2. The lowest BCUT2D eigenvalue weighted by Gasteiger charge is -2.44. The van der Waals surface area contributed by atoms with E-state index in [0.29, 0.717) is 16.9 Å². The summed E-state index contributed by atoms with van der Waals surface area (Å²) in [5.74, 6) is -7.00. The van der Waals surface area contributed by atoms with Crippen molar-refractivity contribution in [2.45, 2.75) is 100 Å². The van der Waals surface area contributed by atoms with E-state index in [1.54, 1.807) is 170 Å². The Morgan fingerprint density at radius 3 is 0.845 bits per heavy atom. The average molecular weight is 1500 g/mol. The molecule has 0 spiro atoms. The van der Waals surface area contributed by atoms with Crippen LogP contribution in [0.15, 0.2) is 285 Å². The van der Waals surface area contributed by atoms with Crippen LogP contribution >= 0.6 is 0 Å². The maximum atomic E-state index is 14.8. The second kappa shape index (κ2) is 35.8. The van der Waals surface area contributed by atoms with Crippen molar-refractivity contribution < 1.29 is 99.6 Å². The van der Waals surface area contributed by atoms with Gasteiger partial charge in [-0.05, 0) is 151 Å². The topological polar surface area (TPSA) is 257 Å². The number of hydrogen-bond acceptors (Lipinski definition) is 21. The van der Waals surface area contributed by atoms with E-state index in [2.05, 4.69) is 33.9 Å². The molecule has 2 aliphatic heterocycles. The molecule has 21 nitrogen and oxygen atoms in total. The van der Waals surface area contributed by atoms with Crippen molar-refractivity contribution in [3.8, 4) is 17.2 Å². The van der Waals surface area contributed by atoms with Gasteiger partial charge >= 0.3 is 47.8 Å². The summed E-state index contributed by atoms with van der Waals surface area (Å²) in [6, 6.07) is 75.2. The van der Waals surface area contributed by atoms with Crippen molar-refractivity contribution in [2.24, 2.45) is 0 Å². The molecule has 0 aliphatic carbocycles. The largest absolute Gasteiger partial charge is 0.544 e. The minimum Gasteiger partial charge on any atom is -0.544 e. The quantitative estimate of drug-likeness (QED) is 0.0211. The Bertz CT molecular complexity index is 4560. The Hall–Kier alpha value is -12.8. The van der Waals surface area contributed by atoms with Crippen LogP contribution in [0.1, 0.15) is 115 Å². The maximum absolute atomic E-state index is 14.8. The third-order valence-electron chi connectivity index (χ3n) is 18.4. The van der Waals surface area contributed by atoms with Crippen molar-refractivity contribution in [3.63, 3.8) is 0 Å². The summed E-state index contributed by atoms with van der Waals surface area (Å²) in [4.78, 5) is 116. The third kappa shape index (κ3) is 19.9. The third-order valence-corrected chi connectivity index (χ3v) is 22.8. The molecule has 560 valence electrons. The lowest BCUT2D eigenvalue weighted by atomic mass is 9.97. The highest BCUT2D eigenvalue weighted by Crippen LogP contribution is 2.40. The highest BCUT2D eigenvalue weighted by atomic mass is 28.4. The molecule has 0 aromatic heterocycles. The first kappa shape index (κ1) is 76.9. The fourth-order valence-electron chi connectivity index (χ4n) is 11.6. The van der Waals surface area contributed by atoms with Gasteiger partial charge in [-0.3, -0.25) is 0 Å². The molecule has 0 amide bonds. The molecule has 0 bridgehead atoms. The summed E-state index contributed by atoms with van der Waals surface area (Å²) in [7, 11) is -2.27. The van der Waals surface area contributed by atoms with E-state index in [4.69, 9.17) is 61.3 Å². The van der Waals surface area contributed by atoms with Crippen LogP contribution in [0.4, 0.5) is 0 Å². The molecule has 6 unspecified atom stereocenters. The number of carbonyl (C=O) groups excluding carboxylic acids is 8. The monoisotopic (exact) mass is 1500 g/mol. The molecule has 10 aromatic carbocycles. The van der Waals surface area contributed by atoms with Gasteiger partial charge in [-0.1, -0.05) is 191 Å². The number of ether oxygens (including phenoxy) is 12. The fraction of sp³-hybridized carbons (Fsp3) is 0.205. The average Bonchev–Trinajstić information content (AvgIpc) is 0.774. The lowest BCUT2D eigenvalue weighted by Crippen LogP contribution is -2.64. The number of hydrogen-bond donors (Lipinski definition) is 0. The van der Waals surface area contributed by atoms with Crippen LogP contribution in [0.3, 0.4) is 0 Å². The summed E-state index contributed by atoms with van der Waals surface area (Å²) >= 11 is 0. The molecule has 22 heteroatoms. The molecule has 10 atom stereocenters. The Morgan fingerprint density at radius 1 is 0.309 bits per heavy atom. The van der Waals surface area contributed by atoms with Crippen molar-refractivity contribution in [2.75, 3.05) is 13.2 Å². The predicted octanol–water partition coefficient (Wildman–Crippen LogP) is 15.5. The van der Waals surface area contributed by atoms with Crippen molar-refractivity contribution in [3.05, 3.63) is 341 Å². The highest BCUT2D eigenvalue weighted by molar-refractivity contribution is 6.74. The van der Waals surface area contributed by atoms with Gasteiger partial charge in [0.05, 0.1) is 44.5 Å². The molecular formula is C88H78O21Si. The summed E-state index contributed by atoms with van der Waals surface area (Å²) in [6.45, 7) is 9.33. The van der Waals surface area contributed by atoms with Crippen LogP contribution in [0.5, 0.6) is 17.2 Å². The van der Waals surface area contributed by atoms with Gasteiger partial charge in [0.2, 0.25) is 33.1 Å². The molecule has 110 heavy (non-hydrogen) atoms. The lowest BCUT2D eigenvalue weighted by molar-refractivity contribution is -0.276. The van der Waals surface area contributed by atoms with Gasteiger partial charge in [0.1, 0.15) is 42.7 Å². The van der Waals surface area contributed by atoms with Crippen molar-refractivity contribution in [1.82, 2.24) is 0 Å². The van der Waals surface area contributed by atoms with Crippen molar-refractivity contribution >= 4 is 68.2 Å². The molecule has 2 aliphatic rings. The van der Waals surface area contributed by atoms with Crippen LogP contribution < -0.4 is 13.9 Å². The standard InChI is InChI=1S/C88H78O21Si/c1-88(2,3)110(4,5)109-67-50-48-57(49-51-67)46-47-58-52-68(99-86-76(107-84(95)65-42-26-12-27-43-65)74(105-82(93)63-38-22-10-23-39-63)72(103-80(91)61-34-18-8-19-35-61)70(101-86)55-97-78(89)59-30-14-6-15-31-59)54-69(53-58)100-87-77(108-85(96)66-44-28-13-29-45-66)75(106-83(94)64-40-24-11-25-41-64)73(104-81(92)62-36-20-9-21-37-62)71(102-87)56-98-79(90)60-32-16-7-17-33-60/h6-54,70-77,86-87H,55-56H2,1-5H3/b47-46+/t70?,71?,72-,73-,74?,75?,76?,77?,86-,87-/m1/s1. The molecular weight excluding hydrogens is 1420 g/mol. The van der Waals surface area contributed by atoms with E-state index in [-0.39, 0.29) is 61.0 Å². The summed E-state index contributed by atoms with van der Waals surface area (Å²) in [6.07, 6.45) is -14.5. The van der Waals surface area contributed by atoms with Gasteiger partial charge in [-0.15, -0.1) is 0 Å². The van der Waals surface area contributed by atoms with E-state index in [1.807, 2.05) is 24.3 Å². The minimum atomic E-state index is -2.27. The summed E-state index contributed by atoms with van der Waals surface area (Å²) < 4.78 is 84.6. The zero-order valence-corrected chi connectivity index (χ0v) is 61.6. The van der Waals surface area contributed by atoms with Gasteiger partial charge in [-0.25, -0.2) is 38.4 Å². The molecule has 0 saturated carbocycles. The predicted molar refractivity (Wildman–Crippen MR) is 406 cm³/mol. The van der Waals surface area contributed by atoms with Crippen molar-refractivity contribution in [1.29, 1.82) is 0 Å². The number of carbonyl (C=O) groups is 8. The van der Waals surface area contributed by atoms with Crippen LogP contribution in [-0.4, -0.2) is 131 Å². The Labute approximate surface area is 636 Å². The Morgan fingerprint density at radius 2 is 0.564 bits per heavy atom. The zero-order chi connectivity index (χ0) is 77.2. The molecule has 0 radical (unpaired) electrons. The van der Waals surface area contributed by atoms with Crippen LogP contribution in [0.25, 0.3) is 12.2 Å². The molecule has 2 fully saturated rings. The molecule has 2 heterocycles. The number of benzene rings is 10. The molecule has 12 rings (SSSR count). The van der Waals surface area contributed by atoms with E-state index >= 15 is 0 Å². The fourth-order valence-corrected chi connectivity index (χ4v) is 12.7. The van der Waals surface area contributed by atoms with Crippen LogP contribution in [0.2, 0.25) is 18.1 Å². The molecule has 10 aromatic rings. The first-order chi connectivity index (χ1) is 53.2. The number of rotatable bonds is 26. The number of esters is 8. The van der Waals surface area contributed by atoms with E-state index < -0.39 is 131 Å². The van der Waals surface area contributed by atoms with Crippen LogP contribution in [0, 0.1) is 0 Å². The van der Waals surface area contributed by atoms with E-state index in [9.17, 15) is 38.4 Å². The van der Waals surface area contributed by atoms with Gasteiger partial charge < -0.3 is 61.3 Å². The highest BCUT2D eigenvalue weighted by Gasteiger charge is 2.56. The van der Waals surface area contributed by atoms with E-state index in [1.165, 1.54) is 103 Å². The first-order valence-corrected chi connectivity index (χ1v) is 38.4. The molecule has 0 N–H and O–H groups in total. The second-order valence-corrected chi connectivity index (χ2v) is 31.9. The first-order valence-electron chi connectivity index (χ1n) is 35.5. The smallest absolute Gasteiger partial charge is 0.338 e. The molecule has 2 saturated heterocycles. The van der Waals surface area contributed by atoms with Crippen LogP contribution in [-0.2, 0) is 47.4 Å². The Kier molecular flexibility index (Phi) is 25.0. The SMILES string of the molecule is CC(C)(C)[Si](C)(C)Oc1ccc(/C=C/c2cc(O[C@@H]3OC(COC(=O)c4ccccc4)[C@@H](OC(=O)c4ccccc4)C(OC(=O)c4ccccc4)C3OC(=O)c3ccccc3)cc(O[C@@H]3OC(COC(=O)c4ccccc4)[C@@H](OC(=O)c4ccccc4)C(OC(=O)c4ccccc4)C3OC(=O)c3ccccc3)c2)cc1. The van der Waals surface area contributed by atoms with E-state index in [0.717, 1.165) is 0 Å². The summed E-state index contributed by atoms with van der Waals surface area (Å²) in [5.41, 5.74) is 1.57. The maximum Gasteiger partial charge on any atom is 0.338 e. The summed E-state index contributed by atoms with van der Waals surface area (Å²) in [5, 5.41) is -0.0993. The van der Waals surface area contributed by atoms with Gasteiger partial charge in [-0.2, -0.15) is 0 Å². The normalized spacial score (nSPS) is 19.6. The Balaban J connectivity index is 1.01.